The molecule has 1 N–H and O–H groups in total. The molecule has 104 valence electrons. The molecule has 0 spiro atoms. The Morgan fingerprint density at radius 1 is 1.32 bits per heavy atom. The summed E-state index contributed by atoms with van der Waals surface area (Å²) >= 11 is 0. The van der Waals surface area contributed by atoms with Crippen molar-refractivity contribution < 1.29 is 4.42 Å². The molecule has 4 nitrogen and oxygen atoms in total. The van der Waals surface area contributed by atoms with Gasteiger partial charge in [0.15, 0.2) is 0 Å². The van der Waals surface area contributed by atoms with Crippen molar-refractivity contribution in [3.05, 3.63) is 41.9 Å². The van der Waals surface area contributed by atoms with Crippen molar-refractivity contribution in [2.45, 2.75) is 40.3 Å². The van der Waals surface area contributed by atoms with E-state index < -0.39 is 0 Å². The quantitative estimate of drug-likeness (QED) is 0.833. The van der Waals surface area contributed by atoms with Gasteiger partial charge >= 0.3 is 0 Å². The molecule has 2 aromatic rings. The number of furan rings is 1. The molecular formula is C15H23N3O. The van der Waals surface area contributed by atoms with E-state index in [9.17, 15) is 0 Å². The average molecular weight is 261 g/mol. The molecule has 0 aliphatic rings. The highest BCUT2D eigenvalue weighted by Crippen LogP contribution is 2.11. The number of rotatable bonds is 7. The monoisotopic (exact) mass is 261 g/mol. The van der Waals surface area contributed by atoms with Crippen LogP contribution in [-0.4, -0.2) is 16.1 Å². The van der Waals surface area contributed by atoms with Crippen molar-refractivity contribution in [2.24, 2.45) is 5.92 Å². The van der Waals surface area contributed by atoms with E-state index in [0.717, 1.165) is 43.4 Å². The third-order valence-corrected chi connectivity index (χ3v) is 3.01. The van der Waals surface area contributed by atoms with E-state index in [4.69, 9.17) is 4.42 Å². The van der Waals surface area contributed by atoms with Gasteiger partial charge in [-0.2, -0.15) is 0 Å². The first-order valence-electron chi connectivity index (χ1n) is 6.97. The second-order valence-corrected chi connectivity index (χ2v) is 5.22. The van der Waals surface area contributed by atoms with Crippen molar-refractivity contribution in [1.82, 2.24) is 14.9 Å². The van der Waals surface area contributed by atoms with E-state index in [1.165, 1.54) is 0 Å². The summed E-state index contributed by atoms with van der Waals surface area (Å²) in [6, 6.07) is 4.09. The van der Waals surface area contributed by atoms with Crippen LogP contribution < -0.4 is 5.32 Å². The maximum Gasteiger partial charge on any atom is 0.123 e. The van der Waals surface area contributed by atoms with Crippen LogP contribution in [0.1, 0.15) is 38.1 Å². The van der Waals surface area contributed by atoms with Crippen LogP contribution in [-0.2, 0) is 19.5 Å². The summed E-state index contributed by atoms with van der Waals surface area (Å²) < 4.78 is 7.96. The molecule has 0 atom stereocenters. The number of aryl methyl sites for hydroxylation is 1. The standard InChI is InChI=1S/C15H23N3O/c1-4-15-17-7-8-18(15)11-14-6-5-13(19-14)10-16-9-12(2)3/h5-8,12,16H,4,9-11H2,1-3H3. The minimum atomic E-state index is 0.660. The maximum atomic E-state index is 5.83. The lowest BCUT2D eigenvalue weighted by Crippen LogP contribution is -2.18. The molecule has 0 aliphatic heterocycles. The fourth-order valence-corrected chi connectivity index (χ4v) is 2.05. The summed E-state index contributed by atoms with van der Waals surface area (Å²) in [6.07, 6.45) is 4.78. The Labute approximate surface area is 114 Å². The number of hydrogen-bond donors (Lipinski definition) is 1. The van der Waals surface area contributed by atoms with Gasteiger partial charge in [-0.15, -0.1) is 0 Å². The Hall–Kier alpha value is -1.55. The normalized spacial score (nSPS) is 11.4. The molecule has 0 unspecified atom stereocenters. The molecule has 0 saturated heterocycles. The summed E-state index contributed by atoms with van der Waals surface area (Å²) in [6.45, 7) is 9.08. The fourth-order valence-electron chi connectivity index (χ4n) is 2.05. The highest BCUT2D eigenvalue weighted by molar-refractivity contribution is 5.08. The van der Waals surface area contributed by atoms with Gasteiger partial charge < -0.3 is 14.3 Å². The predicted molar refractivity (Wildman–Crippen MR) is 76.0 cm³/mol. The van der Waals surface area contributed by atoms with Crippen molar-refractivity contribution in [2.75, 3.05) is 6.54 Å². The van der Waals surface area contributed by atoms with Crippen molar-refractivity contribution in [1.29, 1.82) is 0 Å². The zero-order valence-electron chi connectivity index (χ0n) is 12.0. The Bertz CT molecular complexity index is 499. The lowest BCUT2D eigenvalue weighted by Gasteiger charge is -2.05. The maximum absolute atomic E-state index is 5.83. The number of hydrogen-bond acceptors (Lipinski definition) is 3. The topological polar surface area (TPSA) is 43.0 Å². The lowest BCUT2D eigenvalue weighted by atomic mass is 10.2. The molecule has 0 amide bonds. The van der Waals surface area contributed by atoms with Crippen LogP contribution in [0, 0.1) is 5.92 Å². The Morgan fingerprint density at radius 2 is 2.11 bits per heavy atom. The summed E-state index contributed by atoms with van der Waals surface area (Å²) in [7, 11) is 0. The van der Waals surface area contributed by atoms with Crippen LogP contribution in [0.15, 0.2) is 28.9 Å². The van der Waals surface area contributed by atoms with Crippen molar-refractivity contribution in [3.8, 4) is 0 Å². The fraction of sp³-hybridized carbons (Fsp3) is 0.533. The summed E-state index contributed by atoms with van der Waals surface area (Å²) in [4.78, 5) is 4.32. The molecule has 0 aromatic carbocycles. The highest BCUT2D eigenvalue weighted by atomic mass is 16.3. The largest absolute Gasteiger partial charge is 0.463 e. The summed E-state index contributed by atoms with van der Waals surface area (Å²) in [5.41, 5.74) is 0. The van der Waals surface area contributed by atoms with Gasteiger partial charge in [-0.3, -0.25) is 0 Å². The molecule has 19 heavy (non-hydrogen) atoms. The first-order valence-corrected chi connectivity index (χ1v) is 6.97. The second-order valence-electron chi connectivity index (χ2n) is 5.22. The Kier molecular flexibility index (Phi) is 4.80. The first kappa shape index (κ1) is 13.9. The molecule has 0 bridgehead atoms. The third-order valence-electron chi connectivity index (χ3n) is 3.01. The van der Waals surface area contributed by atoms with E-state index in [1.807, 2.05) is 24.5 Å². The number of aromatic nitrogens is 2. The summed E-state index contributed by atoms with van der Waals surface area (Å²) in [5, 5.41) is 3.38. The van der Waals surface area contributed by atoms with Gasteiger partial charge in [-0.25, -0.2) is 4.98 Å². The van der Waals surface area contributed by atoms with Crippen molar-refractivity contribution >= 4 is 0 Å². The molecule has 2 rings (SSSR count). The second kappa shape index (κ2) is 6.57. The molecule has 2 heterocycles. The number of nitrogens with one attached hydrogen (secondary N) is 1. The molecule has 0 radical (unpaired) electrons. The minimum Gasteiger partial charge on any atom is -0.463 e. The highest BCUT2D eigenvalue weighted by Gasteiger charge is 2.06. The minimum absolute atomic E-state index is 0.660. The van der Waals surface area contributed by atoms with E-state index >= 15 is 0 Å². The van der Waals surface area contributed by atoms with E-state index in [1.54, 1.807) is 0 Å². The van der Waals surface area contributed by atoms with Crippen LogP contribution in [0.4, 0.5) is 0 Å². The average Bonchev–Trinajstić information content (AvgIpc) is 2.98. The van der Waals surface area contributed by atoms with Gasteiger partial charge in [0.1, 0.15) is 17.3 Å². The molecule has 0 aliphatic carbocycles. The lowest BCUT2D eigenvalue weighted by molar-refractivity contribution is 0.427. The smallest absolute Gasteiger partial charge is 0.123 e. The zero-order chi connectivity index (χ0) is 13.7. The van der Waals surface area contributed by atoms with Gasteiger partial charge in [0.05, 0.1) is 13.1 Å². The molecule has 0 saturated carbocycles. The molecular weight excluding hydrogens is 238 g/mol. The predicted octanol–water partition coefficient (Wildman–Crippen LogP) is 2.83. The van der Waals surface area contributed by atoms with Gasteiger partial charge in [0, 0.05) is 18.8 Å². The molecule has 0 fully saturated rings. The van der Waals surface area contributed by atoms with Crippen LogP contribution in [0.5, 0.6) is 0 Å². The van der Waals surface area contributed by atoms with Gasteiger partial charge in [-0.1, -0.05) is 20.8 Å². The molecule has 2 aromatic heterocycles. The van der Waals surface area contributed by atoms with Gasteiger partial charge in [0.2, 0.25) is 0 Å². The first-order chi connectivity index (χ1) is 9.19. The number of nitrogens with zero attached hydrogens (tertiary/aromatic N) is 2. The SMILES string of the molecule is CCc1nccn1Cc1ccc(CNCC(C)C)o1. The summed E-state index contributed by atoms with van der Waals surface area (Å²) in [5.74, 6) is 3.73. The zero-order valence-corrected chi connectivity index (χ0v) is 12.0. The van der Waals surface area contributed by atoms with E-state index in [-0.39, 0.29) is 0 Å². The number of imidazole rings is 1. The van der Waals surface area contributed by atoms with Gasteiger partial charge in [0.25, 0.3) is 0 Å². The molecule has 4 heteroatoms. The van der Waals surface area contributed by atoms with Crippen molar-refractivity contribution in [3.63, 3.8) is 0 Å². The Morgan fingerprint density at radius 3 is 2.84 bits per heavy atom. The van der Waals surface area contributed by atoms with Crippen LogP contribution in [0.25, 0.3) is 0 Å². The third kappa shape index (κ3) is 3.96. The van der Waals surface area contributed by atoms with Crippen LogP contribution >= 0.6 is 0 Å². The Balaban J connectivity index is 1.90. The van der Waals surface area contributed by atoms with Crippen LogP contribution in [0.2, 0.25) is 0 Å². The van der Waals surface area contributed by atoms with E-state index in [2.05, 4.69) is 35.6 Å². The van der Waals surface area contributed by atoms with E-state index in [0.29, 0.717) is 5.92 Å². The van der Waals surface area contributed by atoms with Gasteiger partial charge in [-0.05, 0) is 24.6 Å². The van der Waals surface area contributed by atoms with Crippen LogP contribution in [0.3, 0.4) is 0 Å².